The molecule has 2 N–H and O–H groups in total. The second-order valence-electron chi connectivity index (χ2n) is 4.57. The van der Waals surface area contributed by atoms with E-state index in [1.54, 1.807) is 11.8 Å². The van der Waals surface area contributed by atoms with Crippen LogP contribution in [0, 0.1) is 0 Å². The molecule has 0 aliphatic carbocycles. The summed E-state index contributed by atoms with van der Waals surface area (Å²) in [4.78, 5) is 2.36. The van der Waals surface area contributed by atoms with Crippen molar-refractivity contribution < 1.29 is 0 Å². The molecular formula is C17H18ClNS. The fourth-order valence-electron chi connectivity index (χ4n) is 1.96. The van der Waals surface area contributed by atoms with Crippen molar-refractivity contribution in [3.05, 3.63) is 71.8 Å². The molecular weight excluding hydrogens is 286 g/mol. The van der Waals surface area contributed by atoms with Gasteiger partial charge >= 0.3 is 0 Å². The molecule has 0 aliphatic heterocycles. The Bertz CT molecular complexity index is 565. The summed E-state index contributed by atoms with van der Waals surface area (Å²) in [5.41, 5.74) is 7.47. The van der Waals surface area contributed by atoms with Crippen molar-refractivity contribution in [3.8, 4) is 0 Å². The van der Waals surface area contributed by atoms with Gasteiger partial charge in [-0.2, -0.15) is 0 Å². The maximum atomic E-state index is 6.28. The van der Waals surface area contributed by atoms with Crippen molar-refractivity contribution in [1.82, 2.24) is 0 Å². The van der Waals surface area contributed by atoms with E-state index in [9.17, 15) is 0 Å². The van der Waals surface area contributed by atoms with Crippen LogP contribution in [0.1, 0.15) is 24.4 Å². The zero-order valence-corrected chi connectivity index (χ0v) is 12.8. The summed E-state index contributed by atoms with van der Waals surface area (Å²) >= 11 is 7.64. The Morgan fingerprint density at radius 1 is 1.15 bits per heavy atom. The van der Waals surface area contributed by atoms with Gasteiger partial charge in [-0.3, -0.25) is 0 Å². The Morgan fingerprint density at radius 3 is 2.55 bits per heavy atom. The molecule has 0 fully saturated rings. The molecule has 0 unspecified atom stereocenters. The monoisotopic (exact) mass is 303 g/mol. The topological polar surface area (TPSA) is 26.0 Å². The summed E-state index contributed by atoms with van der Waals surface area (Å²) in [7, 11) is 0. The Hall–Kier alpha value is -1.22. The number of halogens is 1. The molecule has 3 heteroatoms. The second kappa shape index (κ2) is 7.53. The largest absolute Gasteiger partial charge is 0.324 e. The van der Waals surface area contributed by atoms with E-state index in [1.165, 1.54) is 10.5 Å². The lowest BCUT2D eigenvalue weighted by Gasteiger charge is -2.15. The molecule has 2 aromatic carbocycles. The van der Waals surface area contributed by atoms with Gasteiger partial charge in [-0.15, -0.1) is 6.58 Å². The predicted molar refractivity (Wildman–Crippen MR) is 88.4 cm³/mol. The van der Waals surface area contributed by atoms with Crippen molar-refractivity contribution >= 4 is 23.4 Å². The van der Waals surface area contributed by atoms with E-state index in [1.807, 2.05) is 42.5 Å². The summed E-state index contributed by atoms with van der Waals surface area (Å²) in [5, 5.41) is 0.755. The fourth-order valence-corrected chi connectivity index (χ4v) is 3.10. The number of hydrogen-bond donors (Lipinski definition) is 1. The zero-order chi connectivity index (χ0) is 14.4. The van der Waals surface area contributed by atoms with E-state index in [0.29, 0.717) is 0 Å². The number of allylic oxidation sites excluding steroid dienone is 1. The average molecular weight is 304 g/mol. The van der Waals surface area contributed by atoms with Crippen LogP contribution in [0.2, 0.25) is 5.02 Å². The highest BCUT2D eigenvalue weighted by atomic mass is 35.5. The molecule has 1 nitrogen and oxygen atoms in total. The highest BCUT2D eigenvalue weighted by Gasteiger charge is 2.11. The molecule has 2 aromatic rings. The normalized spacial score (nSPS) is 12.1. The third-order valence-corrected chi connectivity index (χ3v) is 4.39. The van der Waals surface area contributed by atoms with Crippen LogP contribution in [0.25, 0.3) is 0 Å². The van der Waals surface area contributed by atoms with E-state index >= 15 is 0 Å². The first-order chi connectivity index (χ1) is 9.70. The minimum atomic E-state index is 0.0454. The first-order valence-electron chi connectivity index (χ1n) is 6.59. The maximum Gasteiger partial charge on any atom is 0.0406 e. The van der Waals surface area contributed by atoms with Gasteiger partial charge in [0, 0.05) is 20.9 Å². The predicted octanol–water partition coefficient (Wildman–Crippen LogP) is 5.46. The van der Waals surface area contributed by atoms with Crippen LogP contribution in [-0.4, -0.2) is 0 Å². The van der Waals surface area contributed by atoms with Crippen LogP contribution in [-0.2, 0) is 0 Å². The zero-order valence-electron chi connectivity index (χ0n) is 11.3. The SMILES string of the molecule is C=CCC[C@@H](N)c1ccccc1Sc1ccc(Cl)cc1. The van der Waals surface area contributed by atoms with Gasteiger partial charge in [-0.1, -0.05) is 47.6 Å². The molecule has 0 aromatic heterocycles. The van der Waals surface area contributed by atoms with E-state index < -0.39 is 0 Å². The average Bonchev–Trinajstić information content (AvgIpc) is 2.48. The molecule has 0 bridgehead atoms. The van der Waals surface area contributed by atoms with E-state index in [-0.39, 0.29) is 6.04 Å². The number of rotatable bonds is 6. The van der Waals surface area contributed by atoms with Crippen molar-refractivity contribution in [2.24, 2.45) is 5.73 Å². The highest BCUT2D eigenvalue weighted by molar-refractivity contribution is 7.99. The molecule has 0 heterocycles. The minimum Gasteiger partial charge on any atom is -0.324 e. The van der Waals surface area contributed by atoms with Crippen LogP contribution in [0.5, 0.6) is 0 Å². The standard InChI is InChI=1S/C17H18ClNS/c1-2-3-7-16(19)15-6-4-5-8-17(15)20-14-11-9-13(18)10-12-14/h2,4-6,8-12,16H,1,3,7,19H2/t16-/m1/s1. The molecule has 1 atom stereocenters. The Labute approximate surface area is 129 Å². The second-order valence-corrected chi connectivity index (χ2v) is 6.12. The van der Waals surface area contributed by atoms with E-state index in [4.69, 9.17) is 17.3 Å². The lowest BCUT2D eigenvalue weighted by atomic mass is 10.0. The molecule has 0 amide bonds. The van der Waals surface area contributed by atoms with Gasteiger partial charge in [-0.05, 0) is 48.7 Å². The van der Waals surface area contributed by atoms with Gasteiger partial charge in [0.15, 0.2) is 0 Å². The van der Waals surface area contributed by atoms with E-state index in [2.05, 4.69) is 18.7 Å². The third kappa shape index (κ3) is 4.14. The summed E-state index contributed by atoms with van der Waals surface area (Å²) in [6.45, 7) is 3.75. The van der Waals surface area contributed by atoms with Gasteiger partial charge in [0.1, 0.15) is 0 Å². The van der Waals surface area contributed by atoms with Gasteiger partial charge in [0.05, 0.1) is 0 Å². The Morgan fingerprint density at radius 2 is 1.85 bits per heavy atom. The quantitative estimate of drug-likeness (QED) is 0.717. The smallest absolute Gasteiger partial charge is 0.0406 e. The molecule has 20 heavy (non-hydrogen) atoms. The van der Waals surface area contributed by atoms with Crippen molar-refractivity contribution in [2.45, 2.75) is 28.7 Å². The lowest BCUT2D eigenvalue weighted by molar-refractivity contribution is 0.650. The number of nitrogens with two attached hydrogens (primary N) is 1. The third-order valence-electron chi connectivity index (χ3n) is 3.04. The molecule has 0 saturated heterocycles. The van der Waals surface area contributed by atoms with Crippen LogP contribution < -0.4 is 5.73 Å². The molecule has 0 saturated carbocycles. The summed E-state index contributed by atoms with van der Waals surface area (Å²) < 4.78 is 0. The molecule has 0 aliphatic rings. The van der Waals surface area contributed by atoms with Crippen molar-refractivity contribution in [1.29, 1.82) is 0 Å². The molecule has 2 rings (SSSR count). The van der Waals surface area contributed by atoms with Crippen molar-refractivity contribution in [3.63, 3.8) is 0 Å². The fraction of sp³-hybridized carbons (Fsp3) is 0.176. The van der Waals surface area contributed by atoms with Gasteiger partial charge in [0.25, 0.3) is 0 Å². The van der Waals surface area contributed by atoms with Crippen LogP contribution >= 0.6 is 23.4 Å². The summed E-state index contributed by atoms with van der Waals surface area (Å²) in [6, 6.07) is 16.2. The maximum absolute atomic E-state index is 6.28. The highest BCUT2D eigenvalue weighted by Crippen LogP contribution is 2.34. The molecule has 0 spiro atoms. The van der Waals surface area contributed by atoms with Crippen LogP contribution in [0.4, 0.5) is 0 Å². The van der Waals surface area contributed by atoms with E-state index in [0.717, 1.165) is 22.8 Å². The van der Waals surface area contributed by atoms with Crippen LogP contribution in [0.3, 0.4) is 0 Å². The first kappa shape index (κ1) is 15.2. The minimum absolute atomic E-state index is 0.0454. The molecule has 104 valence electrons. The number of hydrogen-bond acceptors (Lipinski definition) is 2. The van der Waals surface area contributed by atoms with Gasteiger partial charge < -0.3 is 5.73 Å². The van der Waals surface area contributed by atoms with Gasteiger partial charge in [0.2, 0.25) is 0 Å². The Balaban J connectivity index is 2.18. The summed E-state index contributed by atoms with van der Waals surface area (Å²) in [6.07, 6.45) is 3.76. The Kier molecular flexibility index (Phi) is 5.72. The lowest BCUT2D eigenvalue weighted by Crippen LogP contribution is -2.10. The van der Waals surface area contributed by atoms with Crippen LogP contribution in [0.15, 0.2) is 71.0 Å². The first-order valence-corrected chi connectivity index (χ1v) is 7.79. The van der Waals surface area contributed by atoms with Crippen molar-refractivity contribution in [2.75, 3.05) is 0 Å². The molecule has 0 radical (unpaired) electrons. The number of benzene rings is 2. The summed E-state index contributed by atoms with van der Waals surface area (Å²) in [5.74, 6) is 0. The van der Waals surface area contributed by atoms with Gasteiger partial charge in [-0.25, -0.2) is 0 Å².